The molecular formula is C20H13ClS. The van der Waals surface area contributed by atoms with E-state index in [0.717, 1.165) is 10.6 Å². The molecule has 1 aromatic heterocycles. The van der Waals surface area contributed by atoms with E-state index in [1.165, 1.54) is 31.3 Å². The van der Waals surface area contributed by atoms with Gasteiger partial charge in [0, 0.05) is 25.2 Å². The number of hydrogen-bond acceptors (Lipinski definition) is 1. The molecule has 3 aromatic carbocycles. The van der Waals surface area contributed by atoms with Crippen LogP contribution in [0.5, 0.6) is 0 Å². The molecule has 0 N–H and O–H groups in total. The van der Waals surface area contributed by atoms with Crippen LogP contribution in [0.1, 0.15) is 5.56 Å². The van der Waals surface area contributed by atoms with Crippen LogP contribution in [-0.2, 0) is 0 Å². The first-order valence-electron chi connectivity index (χ1n) is 7.10. The topological polar surface area (TPSA) is 0 Å². The minimum absolute atomic E-state index is 0.737. The van der Waals surface area contributed by atoms with Crippen LogP contribution in [0, 0.1) is 0 Å². The van der Waals surface area contributed by atoms with Gasteiger partial charge in [-0.15, -0.1) is 11.3 Å². The molecule has 0 aliphatic rings. The fourth-order valence-corrected chi connectivity index (χ4v) is 4.26. The van der Waals surface area contributed by atoms with E-state index in [-0.39, 0.29) is 0 Å². The Morgan fingerprint density at radius 1 is 0.864 bits per heavy atom. The van der Waals surface area contributed by atoms with Crippen molar-refractivity contribution in [1.29, 1.82) is 0 Å². The number of fused-ring (bicyclic) bond motifs is 3. The van der Waals surface area contributed by atoms with Crippen LogP contribution in [0.4, 0.5) is 0 Å². The quantitative estimate of drug-likeness (QED) is 0.372. The molecule has 4 rings (SSSR count). The first-order chi connectivity index (χ1) is 10.8. The lowest BCUT2D eigenvalue weighted by Crippen LogP contribution is -1.84. The lowest BCUT2D eigenvalue weighted by atomic mass is 9.95. The molecule has 0 radical (unpaired) electrons. The van der Waals surface area contributed by atoms with Gasteiger partial charge in [0.25, 0.3) is 0 Å². The van der Waals surface area contributed by atoms with Crippen LogP contribution in [-0.4, -0.2) is 0 Å². The van der Waals surface area contributed by atoms with Gasteiger partial charge in [0.05, 0.1) is 0 Å². The molecule has 106 valence electrons. The third-order valence-electron chi connectivity index (χ3n) is 3.93. The summed E-state index contributed by atoms with van der Waals surface area (Å²) in [7, 11) is 0. The average Bonchev–Trinajstić information content (AvgIpc) is 2.93. The third-order valence-corrected chi connectivity index (χ3v) is 5.30. The van der Waals surface area contributed by atoms with Crippen molar-refractivity contribution in [3.63, 3.8) is 0 Å². The summed E-state index contributed by atoms with van der Waals surface area (Å²) in [5.74, 6) is 0. The van der Waals surface area contributed by atoms with E-state index < -0.39 is 0 Å². The lowest BCUT2D eigenvalue weighted by molar-refractivity contribution is 1.63. The molecule has 0 fully saturated rings. The zero-order valence-electron chi connectivity index (χ0n) is 11.8. The monoisotopic (exact) mass is 320 g/mol. The third kappa shape index (κ3) is 2.06. The highest BCUT2D eigenvalue weighted by Crippen LogP contribution is 2.41. The number of halogens is 1. The van der Waals surface area contributed by atoms with E-state index >= 15 is 0 Å². The van der Waals surface area contributed by atoms with E-state index in [2.05, 4.69) is 55.1 Å². The summed E-state index contributed by atoms with van der Waals surface area (Å²) in [4.78, 5) is 0. The highest BCUT2D eigenvalue weighted by atomic mass is 35.5. The SMILES string of the molecule is C=Cc1cc(Cl)ccc1-c1cccc2sc3ccccc3c12. The van der Waals surface area contributed by atoms with Gasteiger partial charge in [0.15, 0.2) is 0 Å². The molecule has 22 heavy (non-hydrogen) atoms. The molecule has 0 spiro atoms. The second-order valence-corrected chi connectivity index (χ2v) is 6.73. The van der Waals surface area contributed by atoms with Crippen LogP contribution in [0.2, 0.25) is 5.02 Å². The van der Waals surface area contributed by atoms with E-state index in [1.807, 2.05) is 29.5 Å². The van der Waals surface area contributed by atoms with Crippen molar-refractivity contribution in [3.8, 4) is 11.1 Å². The molecule has 0 aliphatic carbocycles. The summed E-state index contributed by atoms with van der Waals surface area (Å²) >= 11 is 7.96. The summed E-state index contributed by atoms with van der Waals surface area (Å²) in [6.07, 6.45) is 1.87. The first kappa shape index (κ1) is 13.6. The Balaban J connectivity index is 2.13. The fourth-order valence-electron chi connectivity index (χ4n) is 2.95. The van der Waals surface area contributed by atoms with E-state index in [9.17, 15) is 0 Å². The maximum absolute atomic E-state index is 6.13. The van der Waals surface area contributed by atoms with Crippen LogP contribution in [0.15, 0.2) is 67.2 Å². The van der Waals surface area contributed by atoms with Crippen LogP contribution < -0.4 is 0 Å². The first-order valence-corrected chi connectivity index (χ1v) is 8.30. The van der Waals surface area contributed by atoms with Gasteiger partial charge in [0.1, 0.15) is 0 Å². The molecule has 0 unspecified atom stereocenters. The molecule has 2 heteroatoms. The van der Waals surface area contributed by atoms with Crippen molar-refractivity contribution in [1.82, 2.24) is 0 Å². The average molecular weight is 321 g/mol. The van der Waals surface area contributed by atoms with Crippen molar-refractivity contribution in [2.75, 3.05) is 0 Å². The summed E-state index contributed by atoms with van der Waals surface area (Å²) in [5, 5.41) is 3.36. The Morgan fingerprint density at radius 3 is 2.55 bits per heavy atom. The molecular weight excluding hydrogens is 308 g/mol. The van der Waals surface area contributed by atoms with Crippen LogP contribution in [0.3, 0.4) is 0 Å². The molecule has 0 aliphatic heterocycles. The number of hydrogen-bond donors (Lipinski definition) is 0. The zero-order valence-corrected chi connectivity index (χ0v) is 13.4. The number of benzene rings is 3. The minimum Gasteiger partial charge on any atom is -0.135 e. The normalized spacial score (nSPS) is 11.1. The second kappa shape index (κ2) is 5.28. The van der Waals surface area contributed by atoms with Crippen molar-refractivity contribution in [2.45, 2.75) is 0 Å². The predicted molar refractivity (Wildman–Crippen MR) is 99.9 cm³/mol. The Hall–Kier alpha value is -2.09. The molecule has 4 aromatic rings. The van der Waals surface area contributed by atoms with Crippen molar-refractivity contribution in [3.05, 3.63) is 77.8 Å². The highest BCUT2D eigenvalue weighted by molar-refractivity contribution is 7.25. The molecule has 0 saturated heterocycles. The van der Waals surface area contributed by atoms with Crippen molar-refractivity contribution >= 4 is 49.2 Å². The van der Waals surface area contributed by atoms with Gasteiger partial charge >= 0.3 is 0 Å². The fraction of sp³-hybridized carbons (Fsp3) is 0. The Morgan fingerprint density at radius 2 is 1.68 bits per heavy atom. The summed E-state index contributed by atoms with van der Waals surface area (Å²) in [5.41, 5.74) is 3.48. The van der Waals surface area contributed by atoms with E-state index in [4.69, 9.17) is 11.6 Å². The zero-order chi connectivity index (χ0) is 15.1. The molecule has 0 amide bonds. The van der Waals surface area contributed by atoms with E-state index in [1.54, 1.807) is 0 Å². The standard InChI is InChI=1S/C20H13ClS/c1-2-13-12-14(21)10-11-15(13)16-7-5-9-19-20(16)17-6-3-4-8-18(17)22-19/h2-12H,1H2. The van der Waals surface area contributed by atoms with Crippen molar-refractivity contribution in [2.24, 2.45) is 0 Å². The minimum atomic E-state index is 0.737. The number of rotatable bonds is 2. The number of thiophene rings is 1. The smallest absolute Gasteiger partial charge is 0.0412 e. The van der Waals surface area contributed by atoms with Gasteiger partial charge in [0.2, 0.25) is 0 Å². The summed E-state index contributed by atoms with van der Waals surface area (Å²) in [6, 6.07) is 21.0. The van der Waals surface area contributed by atoms with Gasteiger partial charge in [-0.05, 0) is 41.0 Å². The van der Waals surface area contributed by atoms with Crippen molar-refractivity contribution < 1.29 is 0 Å². The maximum atomic E-state index is 6.13. The Labute approximate surface area is 138 Å². The molecule has 0 saturated carbocycles. The molecule has 1 heterocycles. The lowest BCUT2D eigenvalue weighted by Gasteiger charge is -2.09. The highest BCUT2D eigenvalue weighted by Gasteiger charge is 2.12. The summed E-state index contributed by atoms with van der Waals surface area (Å²) < 4.78 is 2.63. The van der Waals surface area contributed by atoms with Gasteiger partial charge in [-0.3, -0.25) is 0 Å². The van der Waals surface area contributed by atoms with Gasteiger partial charge in [-0.2, -0.15) is 0 Å². The Kier molecular flexibility index (Phi) is 3.25. The van der Waals surface area contributed by atoms with Crippen LogP contribution in [0.25, 0.3) is 37.4 Å². The molecule has 0 atom stereocenters. The van der Waals surface area contributed by atoms with Crippen LogP contribution >= 0.6 is 22.9 Å². The Bertz CT molecular complexity index is 1010. The predicted octanol–water partition coefficient (Wildman–Crippen LogP) is 7.02. The largest absolute Gasteiger partial charge is 0.135 e. The summed E-state index contributed by atoms with van der Waals surface area (Å²) in [6.45, 7) is 3.93. The molecule has 0 nitrogen and oxygen atoms in total. The van der Waals surface area contributed by atoms with Gasteiger partial charge in [-0.1, -0.05) is 60.7 Å². The van der Waals surface area contributed by atoms with E-state index in [0.29, 0.717) is 0 Å². The molecule has 0 bridgehead atoms. The second-order valence-electron chi connectivity index (χ2n) is 5.21. The maximum Gasteiger partial charge on any atom is 0.0412 e. The van der Waals surface area contributed by atoms with Gasteiger partial charge in [-0.25, -0.2) is 0 Å². The van der Waals surface area contributed by atoms with Gasteiger partial charge < -0.3 is 0 Å².